The predicted octanol–water partition coefficient (Wildman–Crippen LogP) is 4.04. The van der Waals surface area contributed by atoms with Gasteiger partial charge in [0.15, 0.2) is 0 Å². The van der Waals surface area contributed by atoms with Crippen LogP contribution in [0.25, 0.3) is 0 Å². The van der Waals surface area contributed by atoms with Gasteiger partial charge in [0.1, 0.15) is 5.82 Å². The lowest BCUT2D eigenvalue weighted by atomic mass is 9.74. The van der Waals surface area contributed by atoms with Crippen molar-refractivity contribution in [3.63, 3.8) is 0 Å². The van der Waals surface area contributed by atoms with Crippen molar-refractivity contribution in [2.45, 2.75) is 52.5 Å². The van der Waals surface area contributed by atoms with Gasteiger partial charge in [-0.25, -0.2) is 4.39 Å². The van der Waals surface area contributed by atoms with Gasteiger partial charge in [-0.3, -0.25) is 4.90 Å². The molecule has 0 spiro atoms. The number of halogens is 1. The van der Waals surface area contributed by atoms with Crippen LogP contribution in [-0.4, -0.2) is 24.5 Å². The first kappa shape index (κ1) is 16.4. The molecule has 0 aliphatic carbocycles. The van der Waals surface area contributed by atoms with Gasteiger partial charge in [-0.05, 0) is 61.5 Å². The van der Waals surface area contributed by atoms with Crippen LogP contribution in [0.15, 0.2) is 18.2 Å². The van der Waals surface area contributed by atoms with Crippen molar-refractivity contribution in [1.29, 1.82) is 0 Å². The molecule has 1 unspecified atom stereocenters. The minimum absolute atomic E-state index is 0.146. The predicted molar refractivity (Wildman–Crippen MR) is 86.8 cm³/mol. The molecule has 0 radical (unpaired) electrons. The van der Waals surface area contributed by atoms with E-state index < -0.39 is 0 Å². The molecule has 0 saturated carbocycles. The lowest BCUT2D eigenvalue weighted by Crippen LogP contribution is -2.43. The van der Waals surface area contributed by atoms with Gasteiger partial charge in [0, 0.05) is 12.6 Å². The van der Waals surface area contributed by atoms with Crippen LogP contribution in [0.3, 0.4) is 0 Å². The zero-order valence-electron chi connectivity index (χ0n) is 13.7. The SMILES string of the molecule is CCC1(CC)CCN(C(CN)c2cc(F)ccc2C)CC1. The van der Waals surface area contributed by atoms with Crippen molar-refractivity contribution >= 4 is 0 Å². The number of hydrogen-bond acceptors (Lipinski definition) is 2. The number of piperidine rings is 1. The molecule has 1 saturated heterocycles. The molecule has 1 aliphatic heterocycles. The van der Waals surface area contributed by atoms with Crippen LogP contribution in [0.4, 0.5) is 4.39 Å². The molecule has 1 fully saturated rings. The summed E-state index contributed by atoms with van der Waals surface area (Å²) in [5, 5.41) is 0. The maximum Gasteiger partial charge on any atom is 0.123 e. The van der Waals surface area contributed by atoms with E-state index in [1.165, 1.54) is 31.7 Å². The normalized spacial score (nSPS) is 20.4. The Hall–Kier alpha value is -0.930. The summed E-state index contributed by atoms with van der Waals surface area (Å²) >= 11 is 0. The molecular weight excluding hydrogens is 263 g/mol. The smallest absolute Gasteiger partial charge is 0.123 e. The van der Waals surface area contributed by atoms with E-state index in [-0.39, 0.29) is 11.9 Å². The zero-order valence-corrected chi connectivity index (χ0v) is 13.7. The summed E-state index contributed by atoms with van der Waals surface area (Å²) in [7, 11) is 0. The van der Waals surface area contributed by atoms with E-state index >= 15 is 0 Å². The average molecular weight is 292 g/mol. The molecule has 21 heavy (non-hydrogen) atoms. The van der Waals surface area contributed by atoms with Gasteiger partial charge < -0.3 is 5.73 Å². The van der Waals surface area contributed by atoms with E-state index in [0.29, 0.717) is 12.0 Å². The van der Waals surface area contributed by atoms with Crippen LogP contribution < -0.4 is 5.73 Å². The summed E-state index contributed by atoms with van der Waals surface area (Å²) in [6.45, 7) is 9.34. The fourth-order valence-electron chi connectivity index (χ4n) is 3.71. The lowest BCUT2D eigenvalue weighted by molar-refractivity contribution is 0.0677. The van der Waals surface area contributed by atoms with Crippen molar-refractivity contribution < 1.29 is 4.39 Å². The van der Waals surface area contributed by atoms with Crippen molar-refractivity contribution in [2.24, 2.45) is 11.1 Å². The van der Waals surface area contributed by atoms with Gasteiger partial charge in [-0.2, -0.15) is 0 Å². The molecule has 0 amide bonds. The molecule has 0 bridgehead atoms. The van der Waals surface area contributed by atoms with E-state index in [9.17, 15) is 4.39 Å². The van der Waals surface area contributed by atoms with Crippen LogP contribution in [0.5, 0.6) is 0 Å². The lowest BCUT2D eigenvalue weighted by Gasteiger charge is -2.44. The van der Waals surface area contributed by atoms with Crippen molar-refractivity contribution in [3.8, 4) is 0 Å². The second-order valence-corrected chi connectivity index (χ2v) is 6.50. The highest BCUT2D eigenvalue weighted by molar-refractivity contribution is 5.30. The van der Waals surface area contributed by atoms with Crippen LogP contribution in [-0.2, 0) is 0 Å². The molecule has 1 atom stereocenters. The van der Waals surface area contributed by atoms with Crippen LogP contribution >= 0.6 is 0 Å². The fraction of sp³-hybridized carbons (Fsp3) is 0.667. The highest BCUT2D eigenvalue weighted by atomic mass is 19.1. The Morgan fingerprint density at radius 2 is 1.86 bits per heavy atom. The molecule has 3 heteroatoms. The van der Waals surface area contributed by atoms with Gasteiger partial charge in [0.25, 0.3) is 0 Å². The van der Waals surface area contributed by atoms with Gasteiger partial charge in [-0.15, -0.1) is 0 Å². The standard InChI is InChI=1S/C18H29FN2/c1-4-18(5-2)8-10-21(11-9-18)17(13-20)16-12-15(19)7-6-14(16)3/h6-7,12,17H,4-5,8-11,13,20H2,1-3H3. The highest BCUT2D eigenvalue weighted by Gasteiger charge is 2.34. The quantitative estimate of drug-likeness (QED) is 0.887. The minimum atomic E-state index is -0.164. The molecule has 1 heterocycles. The van der Waals surface area contributed by atoms with Crippen molar-refractivity contribution in [1.82, 2.24) is 4.90 Å². The summed E-state index contributed by atoms with van der Waals surface area (Å²) in [5.74, 6) is -0.164. The summed E-state index contributed by atoms with van der Waals surface area (Å²) in [6.07, 6.45) is 4.96. The largest absolute Gasteiger partial charge is 0.329 e. The summed E-state index contributed by atoms with van der Waals surface area (Å²) in [5.41, 5.74) is 8.72. The number of nitrogens with zero attached hydrogens (tertiary/aromatic N) is 1. The van der Waals surface area contributed by atoms with Crippen LogP contribution in [0.1, 0.15) is 56.7 Å². The molecule has 2 N–H and O–H groups in total. The Balaban J connectivity index is 2.15. The molecule has 1 aliphatic rings. The second kappa shape index (κ2) is 6.89. The number of aryl methyl sites for hydroxylation is 1. The van der Waals surface area contributed by atoms with Gasteiger partial charge >= 0.3 is 0 Å². The fourth-order valence-corrected chi connectivity index (χ4v) is 3.71. The monoisotopic (exact) mass is 292 g/mol. The average Bonchev–Trinajstić information content (AvgIpc) is 2.52. The third-order valence-electron chi connectivity index (χ3n) is 5.62. The van der Waals surface area contributed by atoms with E-state index in [4.69, 9.17) is 5.73 Å². The third kappa shape index (κ3) is 3.46. The molecule has 2 nitrogen and oxygen atoms in total. The highest BCUT2D eigenvalue weighted by Crippen LogP contribution is 2.40. The number of hydrogen-bond donors (Lipinski definition) is 1. The van der Waals surface area contributed by atoms with Gasteiger partial charge in [0.2, 0.25) is 0 Å². The summed E-state index contributed by atoms with van der Waals surface area (Å²) in [6, 6.07) is 5.20. The summed E-state index contributed by atoms with van der Waals surface area (Å²) < 4.78 is 13.6. The first-order valence-corrected chi connectivity index (χ1v) is 8.25. The third-order valence-corrected chi connectivity index (χ3v) is 5.62. The molecule has 1 aromatic carbocycles. The zero-order chi connectivity index (χ0) is 15.5. The first-order chi connectivity index (χ1) is 10.0. The van der Waals surface area contributed by atoms with Crippen molar-refractivity contribution in [3.05, 3.63) is 35.1 Å². The Labute approximate surface area is 128 Å². The Bertz CT molecular complexity index is 458. The molecular formula is C18H29FN2. The molecule has 1 aromatic rings. The Morgan fingerprint density at radius 3 is 2.38 bits per heavy atom. The van der Waals surface area contributed by atoms with Crippen LogP contribution in [0, 0.1) is 18.2 Å². The van der Waals surface area contributed by atoms with E-state index in [2.05, 4.69) is 18.7 Å². The number of nitrogens with two attached hydrogens (primary N) is 1. The van der Waals surface area contributed by atoms with E-state index in [0.717, 1.165) is 24.2 Å². The van der Waals surface area contributed by atoms with Gasteiger partial charge in [-0.1, -0.05) is 32.8 Å². The number of rotatable bonds is 5. The molecule has 0 aromatic heterocycles. The van der Waals surface area contributed by atoms with Crippen LogP contribution in [0.2, 0.25) is 0 Å². The topological polar surface area (TPSA) is 29.3 Å². The summed E-state index contributed by atoms with van der Waals surface area (Å²) in [4.78, 5) is 2.45. The molecule has 118 valence electrons. The number of benzene rings is 1. The Kier molecular flexibility index (Phi) is 5.39. The maximum absolute atomic E-state index is 13.6. The molecule has 2 rings (SSSR count). The number of likely N-dealkylation sites (tertiary alicyclic amines) is 1. The van der Waals surface area contributed by atoms with E-state index in [1.807, 2.05) is 13.0 Å². The van der Waals surface area contributed by atoms with Gasteiger partial charge in [0.05, 0.1) is 0 Å². The first-order valence-electron chi connectivity index (χ1n) is 8.25. The van der Waals surface area contributed by atoms with Crippen molar-refractivity contribution in [2.75, 3.05) is 19.6 Å². The van der Waals surface area contributed by atoms with E-state index in [1.54, 1.807) is 6.07 Å². The minimum Gasteiger partial charge on any atom is -0.329 e. The second-order valence-electron chi connectivity index (χ2n) is 6.50. The maximum atomic E-state index is 13.6. The Morgan fingerprint density at radius 1 is 1.24 bits per heavy atom.